The molecule has 1 atom stereocenters. The molecule has 1 aliphatic rings. The maximum Gasteiger partial charge on any atom is 0.118 e. The van der Waals surface area contributed by atoms with Gasteiger partial charge in [0.05, 0.1) is 0 Å². The van der Waals surface area contributed by atoms with Crippen molar-refractivity contribution in [1.29, 1.82) is 0 Å². The Kier molecular flexibility index (Phi) is 3.48. The highest BCUT2D eigenvalue weighted by Gasteiger charge is 2.31. The molecule has 1 heterocycles. The van der Waals surface area contributed by atoms with Gasteiger partial charge < -0.3 is 5.32 Å². The Hall–Kier alpha value is -0.480. The molecular weight excluding hydrogens is 194 g/mol. The number of rotatable bonds is 6. The first-order valence-electron chi connectivity index (χ1n) is 5.38. The summed E-state index contributed by atoms with van der Waals surface area (Å²) in [5.41, 5.74) is 1.82. The van der Waals surface area contributed by atoms with Crippen LogP contribution in [0, 0.1) is 5.92 Å². The van der Waals surface area contributed by atoms with E-state index in [9.17, 15) is 0 Å². The van der Waals surface area contributed by atoms with Gasteiger partial charge in [0.2, 0.25) is 0 Å². The summed E-state index contributed by atoms with van der Waals surface area (Å²) in [5, 5.41) is 12.8. The highest BCUT2D eigenvalue weighted by atomic mass is 32.1. The van der Waals surface area contributed by atoms with Crippen molar-refractivity contribution in [3.63, 3.8) is 0 Å². The van der Waals surface area contributed by atoms with Gasteiger partial charge >= 0.3 is 0 Å². The summed E-state index contributed by atoms with van der Waals surface area (Å²) in [7, 11) is 0. The monoisotopic (exact) mass is 211 g/mol. The summed E-state index contributed by atoms with van der Waals surface area (Å²) in [6, 6.07) is 0.642. The third kappa shape index (κ3) is 2.75. The molecule has 0 aliphatic heterocycles. The minimum Gasteiger partial charge on any atom is -0.313 e. The summed E-state index contributed by atoms with van der Waals surface area (Å²) in [6.07, 6.45) is 5.05. The van der Waals surface area contributed by atoms with Crippen LogP contribution in [-0.2, 0) is 6.42 Å². The lowest BCUT2D eigenvalue weighted by molar-refractivity contribution is 0.458. The van der Waals surface area contributed by atoms with Crippen molar-refractivity contribution >= 4 is 11.3 Å². The Bertz CT molecular complexity index is 256. The SMILES string of the molecule is CCCNC(Cc1nncs1)C1CC1. The molecule has 2 rings (SSSR count). The van der Waals surface area contributed by atoms with Gasteiger partial charge in [-0.2, -0.15) is 0 Å². The molecule has 78 valence electrons. The maximum atomic E-state index is 4.10. The Morgan fingerprint density at radius 1 is 1.64 bits per heavy atom. The Morgan fingerprint density at radius 3 is 3.07 bits per heavy atom. The molecule has 1 aromatic rings. The lowest BCUT2D eigenvalue weighted by atomic mass is 10.1. The summed E-state index contributed by atoms with van der Waals surface area (Å²) >= 11 is 1.67. The zero-order valence-electron chi connectivity index (χ0n) is 8.57. The molecule has 0 radical (unpaired) electrons. The standard InChI is InChI=1S/C10H17N3S/c1-2-5-11-9(8-3-4-8)6-10-13-12-7-14-10/h7-9,11H,2-6H2,1H3. The summed E-state index contributed by atoms with van der Waals surface area (Å²) in [4.78, 5) is 0. The van der Waals surface area contributed by atoms with Gasteiger partial charge in [0.25, 0.3) is 0 Å². The van der Waals surface area contributed by atoms with E-state index < -0.39 is 0 Å². The third-order valence-electron chi connectivity index (χ3n) is 2.65. The summed E-state index contributed by atoms with van der Waals surface area (Å²) in [6.45, 7) is 3.34. The van der Waals surface area contributed by atoms with Gasteiger partial charge in [0, 0.05) is 12.5 Å². The lowest BCUT2D eigenvalue weighted by Crippen LogP contribution is -2.33. The second-order valence-electron chi connectivity index (χ2n) is 3.93. The smallest absolute Gasteiger partial charge is 0.118 e. The van der Waals surface area contributed by atoms with E-state index in [0.29, 0.717) is 6.04 Å². The van der Waals surface area contributed by atoms with Gasteiger partial charge in [-0.15, -0.1) is 21.5 Å². The first kappa shape index (κ1) is 10.1. The Balaban J connectivity index is 1.84. The molecule has 14 heavy (non-hydrogen) atoms. The van der Waals surface area contributed by atoms with E-state index in [0.717, 1.165) is 18.9 Å². The number of hydrogen-bond donors (Lipinski definition) is 1. The van der Waals surface area contributed by atoms with Crippen LogP contribution < -0.4 is 5.32 Å². The molecule has 4 heteroatoms. The van der Waals surface area contributed by atoms with Gasteiger partial charge in [-0.05, 0) is 31.7 Å². The average Bonchev–Trinajstić information content (AvgIpc) is 2.92. The van der Waals surface area contributed by atoms with Crippen LogP contribution in [-0.4, -0.2) is 22.8 Å². The second-order valence-corrected chi connectivity index (χ2v) is 4.85. The molecule has 1 unspecified atom stereocenters. The molecule has 1 N–H and O–H groups in total. The van der Waals surface area contributed by atoms with Crippen molar-refractivity contribution in [1.82, 2.24) is 15.5 Å². The number of hydrogen-bond acceptors (Lipinski definition) is 4. The molecule has 1 saturated carbocycles. The molecule has 1 aliphatic carbocycles. The fraction of sp³-hybridized carbons (Fsp3) is 0.800. The molecule has 0 saturated heterocycles. The summed E-state index contributed by atoms with van der Waals surface area (Å²) < 4.78 is 0. The molecular formula is C10H17N3S. The van der Waals surface area contributed by atoms with E-state index in [1.807, 2.05) is 5.51 Å². The predicted octanol–water partition coefficient (Wildman–Crippen LogP) is 1.86. The van der Waals surface area contributed by atoms with Crippen LogP contribution in [0.15, 0.2) is 5.51 Å². The first-order chi connectivity index (χ1) is 6.90. The fourth-order valence-electron chi connectivity index (χ4n) is 1.71. The average molecular weight is 211 g/mol. The van der Waals surface area contributed by atoms with Crippen LogP contribution in [0.4, 0.5) is 0 Å². The van der Waals surface area contributed by atoms with Crippen molar-refractivity contribution in [2.45, 2.75) is 38.6 Å². The van der Waals surface area contributed by atoms with Crippen LogP contribution in [0.2, 0.25) is 0 Å². The number of nitrogens with zero attached hydrogens (tertiary/aromatic N) is 2. The van der Waals surface area contributed by atoms with Crippen molar-refractivity contribution in [2.75, 3.05) is 6.54 Å². The normalized spacial score (nSPS) is 18.4. The quantitative estimate of drug-likeness (QED) is 0.780. The largest absolute Gasteiger partial charge is 0.313 e. The minimum atomic E-state index is 0.642. The molecule has 1 aromatic heterocycles. The third-order valence-corrected chi connectivity index (χ3v) is 3.37. The van der Waals surface area contributed by atoms with E-state index in [1.54, 1.807) is 11.3 Å². The Labute approximate surface area is 88.9 Å². The van der Waals surface area contributed by atoms with Gasteiger partial charge in [-0.3, -0.25) is 0 Å². The summed E-state index contributed by atoms with van der Waals surface area (Å²) in [5.74, 6) is 0.894. The zero-order valence-corrected chi connectivity index (χ0v) is 9.39. The van der Waals surface area contributed by atoms with Crippen LogP contribution in [0.1, 0.15) is 31.2 Å². The van der Waals surface area contributed by atoms with Crippen LogP contribution in [0.5, 0.6) is 0 Å². The molecule has 0 amide bonds. The highest BCUT2D eigenvalue weighted by molar-refractivity contribution is 7.09. The van der Waals surface area contributed by atoms with E-state index in [1.165, 1.54) is 24.3 Å². The number of aromatic nitrogens is 2. The lowest BCUT2D eigenvalue weighted by Gasteiger charge is -2.15. The Morgan fingerprint density at radius 2 is 2.50 bits per heavy atom. The predicted molar refractivity (Wildman–Crippen MR) is 58.4 cm³/mol. The van der Waals surface area contributed by atoms with E-state index in [-0.39, 0.29) is 0 Å². The maximum absolute atomic E-state index is 4.10. The topological polar surface area (TPSA) is 37.8 Å². The fourth-order valence-corrected chi connectivity index (χ4v) is 2.29. The van der Waals surface area contributed by atoms with Crippen molar-refractivity contribution in [3.05, 3.63) is 10.5 Å². The van der Waals surface area contributed by atoms with Gasteiger partial charge in [0.15, 0.2) is 0 Å². The zero-order chi connectivity index (χ0) is 9.80. The van der Waals surface area contributed by atoms with E-state index in [2.05, 4.69) is 22.4 Å². The van der Waals surface area contributed by atoms with E-state index >= 15 is 0 Å². The van der Waals surface area contributed by atoms with Crippen molar-refractivity contribution in [3.8, 4) is 0 Å². The van der Waals surface area contributed by atoms with Gasteiger partial charge in [-0.25, -0.2) is 0 Å². The second kappa shape index (κ2) is 4.84. The molecule has 1 fully saturated rings. The van der Waals surface area contributed by atoms with Gasteiger partial charge in [0.1, 0.15) is 10.5 Å². The van der Waals surface area contributed by atoms with Crippen LogP contribution >= 0.6 is 11.3 Å². The van der Waals surface area contributed by atoms with Crippen LogP contribution in [0.3, 0.4) is 0 Å². The first-order valence-corrected chi connectivity index (χ1v) is 6.26. The van der Waals surface area contributed by atoms with Crippen molar-refractivity contribution < 1.29 is 0 Å². The minimum absolute atomic E-state index is 0.642. The molecule has 0 aromatic carbocycles. The molecule has 3 nitrogen and oxygen atoms in total. The highest BCUT2D eigenvalue weighted by Crippen LogP contribution is 2.34. The van der Waals surface area contributed by atoms with Crippen LogP contribution in [0.25, 0.3) is 0 Å². The van der Waals surface area contributed by atoms with Crippen molar-refractivity contribution in [2.24, 2.45) is 5.92 Å². The molecule has 0 bridgehead atoms. The van der Waals surface area contributed by atoms with Gasteiger partial charge in [-0.1, -0.05) is 6.92 Å². The van der Waals surface area contributed by atoms with E-state index in [4.69, 9.17) is 0 Å². The molecule has 0 spiro atoms. The number of nitrogens with one attached hydrogen (secondary N) is 1.